The third-order valence-electron chi connectivity index (χ3n) is 2.69. The summed E-state index contributed by atoms with van der Waals surface area (Å²) in [6.07, 6.45) is 0. The molecule has 0 unspecified atom stereocenters. The second kappa shape index (κ2) is 7.04. The number of rotatable bonds is 3. The van der Waals surface area contributed by atoms with Gasteiger partial charge in [-0.2, -0.15) is 0 Å². The summed E-state index contributed by atoms with van der Waals surface area (Å²) in [7, 11) is 0. The van der Waals surface area contributed by atoms with E-state index in [4.69, 9.17) is 16.7 Å². The Morgan fingerprint density at radius 2 is 1.91 bits per heavy atom. The molecule has 0 heterocycles. The number of halogens is 4. The zero-order valence-corrected chi connectivity index (χ0v) is 13.3. The van der Waals surface area contributed by atoms with Crippen LogP contribution in [-0.4, -0.2) is 11.1 Å². The lowest BCUT2D eigenvalue weighted by molar-refractivity contribution is 0.261. The molecule has 0 bridgehead atoms. The van der Waals surface area contributed by atoms with Gasteiger partial charge in [0, 0.05) is 26.8 Å². The summed E-state index contributed by atoms with van der Waals surface area (Å²) in [5.74, 6) is -1.81. The van der Waals surface area contributed by atoms with E-state index in [9.17, 15) is 13.6 Å². The second-order valence-corrected chi connectivity index (χ2v) is 5.66. The Morgan fingerprint density at radius 1 is 1.18 bits per heavy atom. The highest BCUT2D eigenvalue weighted by molar-refractivity contribution is 9.10. The first-order valence-corrected chi connectivity index (χ1v) is 7.19. The van der Waals surface area contributed by atoms with E-state index in [0.29, 0.717) is 21.2 Å². The fraction of sp³-hybridized carbons (Fsp3) is 0.0714. The summed E-state index contributed by atoms with van der Waals surface area (Å²) < 4.78 is 27.4. The minimum atomic E-state index is -0.941. The van der Waals surface area contributed by atoms with Crippen LogP contribution >= 0.6 is 27.5 Å². The van der Waals surface area contributed by atoms with Crippen LogP contribution in [0.15, 0.2) is 34.8 Å². The topological polar surface area (TPSA) is 61.4 Å². The van der Waals surface area contributed by atoms with Gasteiger partial charge < -0.3 is 15.7 Å². The van der Waals surface area contributed by atoms with E-state index >= 15 is 0 Å². The summed E-state index contributed by atoms with van der Waals surface area (Å²) in [6, 6.07) is 5.56. The maximum Gasteiger partial charge on any atom is 0.323 e. The molecule has 0 atom stereocenters. The molecular formula is C14H10BrClF2N2O2. The van der Waals surface area contributed by atoms with Crippen molar-refractivity contribution in [1.82, 2.24) is 0 Å². The summed E-state index contributed by atoms with van der Waals surface area (Å²) >= 11 is 9.07. The van der Waals surface area contributed by atoms with Crippen LogP contribution in [0.25, 0.3) is 0 Å². The van der Waals surface area contributed by atoms with Crippen LogP contribution in [0.4, 0.5) is 25.0 Å². The van der Waals surface area contributed by atoms with Gasteiger partial charge in [-0.25, -0.2) is 13.6 Å². The third kappa shape index (κ3) is 4.16. The van der Waals surface area contributed by atoms with E-state index in [0.717, 1.165) is 6.07 Å². The van der Waals surface area contributed by atoms with Gasteiger partial charge in [0.25, 0.3) is 0 Å². The number of aliphatic hydroxyl groups is 1. The second-order valence-electron chi connectivity index (χ2n) is 4.31. The Hall–Kier alpha value is -1.70. The zero-order chi connectivity index (χ0) is 16.3. The van der Waals surface area contributed by atoms with Crippen molar-refractivity contribution in [2.24, 2.45) is 0 Å². The zero-order valence-electron chi connectivity index (χ0n) is 11.0. The molecule has 116 valence electrons. The normalized spacial score (nSPS) is 10.4. The molecule has 0 saturated heterocycles. The highest BCUT2D eigenvalue weighted by Gasteiger charge is 2.13. The van der Waals surface area contributed by atoms with Crippen LogP contribution in [0.1, 0.15) is 5.56 Å². The fourth-order valence-electron chi connectivity index (χ4n) is 1.79. The van der Waals surface area contributed by atoms with Gasteiger partial charge in [0.05, 0.1) is 12.3 Å². The first-order chi connectivity index (χ1) is 10.4. The third-order valence-corrected chi connectivity index (χ3v) is 3.36. The number of nitrogens with one attached hydrogen (secondary N) is 2. The molecule has 2 rings (SSSR count). The number of aliphatic hydroxyl groups excluding tert-OH is 1. The number of hydrogen-bond acceptors (Lipinski definition) is 2. The molecule has 0 aliphatic heterocycles. The molecule has 2 amide bonds. The highest BCUT2D eigenvalue weighted by Crippen LogP contribution is 2.24. The minimum absolute atomic E-state index is 0.154. The molecule has 0 fully saturated rings. The Morgan fingerprint density at radius 3 is 2.55 bits per heavy atom. The summed E-state index contributed by atoms with van der Waals surface area (Å²) in [5.41, 5.74) is 0.0294. The number of carbonyl (C=O) groups excluding carboxylic acids is 1. The number of amides is 2. The molecule has 8 heteroatoms. The highest BCUT2D eigenvalue weighted by atomic mass is 79.9. The average molecular weight is 392 g/mol. The fourth-order valence-corrected chi connectivity index (χ4v) is 2.65. The molecule has 0 aromatic heterocycles. The Kier molecular flexibility index (Phi) is 5.33. The van der Waals surface area contributed by atoms with Crippen molar-refractivity contribution < 1.29 is 18.7 Å². The molecule has 4 nitrogen and oxygen atoms in total. The van der Waals surface area contributed by atoms with Crippen molar-refractivity contribution in [3.8, 4) is 0 Å². The Labute approximate surface area is 138 Å². The van der Waals surface area contributed by atoms with E-state index in [2.05, 4.69) is 26.6 Å². The van der Waals surface area contributed by atoms with Gasteiger partial charge in [-0.05, 0) is 24.3 Å². The van der Waals surface area contributed by atoms with Crippen molar-refractivity contribution in [1.29, 1.82) is 0 Å². The van der Waals surface area contributed by atoms with Crippen LogP contribution < -0.4 is 10.6 Å². The summed E-state index contributed by atoms with van der Waals surface area (Å²) in [6.45, 7) is -0.676. The van der Waals surface area contributed by atoms with Crippen molar-refractivity contribution in [3.05, 3.63) is 57.0 Å². The van der Waals surface area contributed by atoms with E-state index in [1.54, 1.807) is 12.1 Å². The molecule has 2 aromatic rings. The Balaban J connectivity index is 2.19. The van der Waals surface area contributed by atoms with Crippen molar-refractivity contribution >= 4 is 44.9 Å². The van der Waals surface area contributed by atoms with Gasteiger partial charge in [-0.15, -0.1) is 0 Å². The molecule has 0 saturated carbocycles. The summed E-state index contributed by atoms with van der Waals surface area (Å²) in [4.78, 5) is 11.9. The molecule has 0 radical (unpaired) electrons. The van der Waals surface area contributed by atoms with Gasteiger partial charge in [0.1, 0.15) is 11.6 Å². The van der Waals surface area contributed by atoms with Gasteiger partial charge in [0.15, 0.2) is 0 Å². The first kappa shape index (κ1) is 16.7. The van der Waals surface area contributed by atoms with Crippen LogP contribution in [0.2, 0.25) is 5.02 Å². The van der Waals surface area contributed by atoms with Crippen LogP contribution in [0.3, 0.4) is 0 Å². The number of urea groups is 1. The number of anilines is 2. The van der Waals surface area contributed by atoms with Gasteiger partial charge in [0.2, 0.25) is 0 Å². The minimum Gasteiger partial charge on any atom is -0.391 e. The van der Waals surface area contributed by atoms with Crippen molar-refractivity contribution in [2.45, 2.75) is 6.61 Å². The molecule has 22 heavy (non-hydrogen) atoms. The summed E-state index contributed by atoms with van der Waals surface area (Å²) in [5, 5.41) is 14.3. The van der Waals surface area contributed by atoms with Crippen LogP contribution in [0.5, 0.6) is 0 Å². The smallest absolute Gasteiger partial charge is 0.323 e. The average Bonchev–Trinajstić information content (AvgIpc) is 2.36. The van der Waals surface area contributed by atoms with Crippen LogP contribution in [0, 0.1) is 11.6 Å². The number of benzene rings is 2. The maximum atomic E-state index is 13.5. The molecule has 3 N–H and O–H groups in total. The maximum absolute atomic E-state index is 13.5. The predicted octanol–water partition coefficient (Wildman–Crippen LogP) is 4.52. The van der Waals surface area contributed by atoms with E-state index in [1.807, 2.05) is 0 Å². The lowest BCUT2D eigenvalue weighted by Crippen LogP contribution is -2.20. The SMILES string of the molecule is O=C(Nc1cc(Cl)cc(Br)c1)Nc1cc(F)cc(F)c1CO. The lowest BCUT2D eigenvalue weighted by atomic mass is 10.1. The molecule has 0 aliphatic carbocycles. The monoisotopic (exact) mass is 390 g/mol. The molecule has 2 aromatic carbocycles. The predicted molar refractivity (Wildman–Crippen MR) is 84.1 cm³/mol. The number of carbonyl (C=O) groups is 1. The first-order valence-electron chi connectivity index (χ1n) is 6.02. The largest absolute Gasteiger partial charge is 0.391 e. The standard InChI is InChI=1S/C14H10BrClF2N2O2/c15-7-1-8(16)3-10(2-7)19-14(22)20-13-5-9(17)4-12(18)11(13)6-21/h1-5,21H,6H2,(H2,19,20,22). The molecule has 0 spiro atoms. The van der Waals surface area contributed by atoms with E-state index in [-0.39, 0.29) is 11.3 Å². The quantitative estimate of drug-likeness (QED) is 0.720. The Bertz CT molecular complexity index is 708. The van der Waals surface area contributed by atoms with E-state index < -0.39 is 24.3 Å². The van der Waals surface area contributed by atoms with Gasteiger partial charge in [-0.3, -0.25) is 0 Å². The van der Waals surface area contributed by atoms with Gasteiger partial charge in [-0.1, -0.05) is 27.5 Å². The van der Waals surface area contributed by atoms with Gasteiger partial charge >= 0.3 is 6.03 Å². The lowest BCUT2D eigenvalue weighted by Gasteiger charge is -2.12. The van der Waals surface area contributed by atoms with Crippen molar-refractivity contribution in [2.75, 3.05) is 10.6 Å². The molecular weight excluding hydrogens is 382 g/mol. The van der Waals surface area contributed by atoms with Crippen molar-refractivity contribution in [3.63, 3.8) is 0 Å². The van der Waals surface area contributed by atoms with E-state index in [1.165, 1.54) is 6.07 Å². The van der Waals surface area contributed by atoms with Crippen LogP contribution in [-0.2, 0) is 6.61 Å². The molecule has 0 aliphatic rings. The number of hydrogen-bond donors (Lipinski definition) is 3.